The number of pyridine rings is 1. The van der Waals surface area contributed by atoms with Crippen molar-refractivity contribution < 1.29 is 4.39 Å². The number of nitrogens with zero attached hydrogens (tertiary/aromatic N) is 2. The Labute approximate surface area is 103 Å². The predicted octanol–water partition coefficient (Wildman–Crippen LogP) is 3.24. The molecule has 0 fully saturated rings. The van der Waals surface area contributed by atoms with Gasteiger partial charge in [-0.15, -0.1) is 0 Å². The normalized spacial score (nSPS) is 10.4. The van der Waals surface area contributed by atoms with E-state index in [1.807, 2.05) is 12.1 Å². The smallest absolute Gasteiger partial charge is 0.141 e. The average molecular weight is 237 g/mol. The van der Waals surface area contributed by atoms with Gasteiger partial charge in [0, 0.05) is 17.1 Å². The largest absolute Gasteiger partial charge is 0.359 e. The molecule has 2 aromatic heterocycles. The molecule has 0 unspecified atom stereocenters. The third-order valence-corrected chi connectivity index (χ3v) is 2.84. The molecular weight excluding hydrogens is 229 g/mol. The van der Waals surface area contributed by atoms with Gasteiger partial charge in [-0.2, -0.15) is 5.26 Å². The maximum Gasteiger partial charge on any atom is 0.141 e. The number of aromatic nitrogens is 2. The minimum absolute atomic E-state index is 0.365. The summed E-state index contributed by atoms with van der Waals surface area (Å²) in [6.45, 7) is 0. The Bertz CT molecular complexity index is 751. The lowest BCUT2D eigenvalue weighted by Gasteiger charge is -1.98. The molecule has 0 saturated heterocycles. The van der Waals surface area contributed by atoms with Gasteiger partial charge in [0.15, 0.2) is 0 Å². The van der Waals surface area contributed by atoms with Crippen LogP contribution in [0, 0.1) is 17.1 Å². The summed E-state index contributed by atoms with van der Waals surface area (Å²) < 4.78 is 12.8. The zero-order chi connectivity index (χ0) is 12.5. The van der Waals surface area contributed by atoms with Crippen LogP contribution in [0.15, 0.2) is 42.7 Å². The Morgan fingerprint density at radius 1 is 1.22 bits per heavy atom. The molecule has 3 nitrogen and oxygen atoms in total. The lowest BCUT2D eigenvalue weighted by Crippen LogP contribution is -1.83. The van der Waals surface area contributed by atoms with E-state index in [2.05, 4.69) is 16.0 Å². The lowest BCUT2D eigenvalue weighted by molar-refractivity contribution is 0.622. The molecule has 4 heteroatoms. The van der Waals surface area contributed by atoms with Gasteiger partial charge in [0.1, 0.15) is 11.9 Å². The minimum Gasteiger partial charge on any atom is -0.359 e. The summed E-state index contributed by atoms with van der Waals surface area (Å²) in [5, 5.41) is 9.93. The first-order valence-corrected chi connectivity index (χ1v) is 5.42. The molecule has 0 aliphatic rings. The second-order valence-electron chi connectivity index (χ2n) is 3.90. The molecule has 0 atom stereocenters. The number of benzene rings is 1. The Morgan fingerprint density at radius 3 is 2.83 bits per heavy atom. The topological polar surface area (TPSA) is 52.5 Å². The highest BCUT2D eigenvalue weighted by molar-refractivity contribution is 5.97. The number of hydrogen-bond acceptors (Lipinski definition) is 2. The first kappa shape index (κ1) is 10.5. The van der Waals surface area contributed by atoms with Gasteiger partial charge in [0.05, 0.1) is 23.0 Å². The molecule has 0 aliphatic heterocycles. The first-order chi connectivity index (χ1) is 8.79. The number of nitrogens with one attached hydrogen (secondary N) is 1. The molecule has 1 aromatic carbocycles. The molecule has 86 valence electrons. The molecule has 18 heavy (non-hydrogen) atoms. The lowest BCUT2D eigenvalue weighted by atomic mass is 10.1. The summed E-state index contributed by atoms with van der Waals surface area (Å²) >= 11 is 0. The maximum absolute atomic E-state index is 12.8. The SMILES string of the molecule is N#Cc1cccc2c(-c3ccc(F)cn3)c[nH]c12. The van der Waals surface area contributed by atoms with Crippen LogP contribution in [0.2, 0.25) is 0 Å². The van der Waals surface area contributed by atoms with E-state index in [1.165, 1.54) is 12.3 Å². The fraction of sp³-hybridized carbons (Fsp3) is 0. The molecule has 0 amide bonds. The monoisotopic (exact) mass is 237 g/mol. The van der Waals surface area contributed by atoms with Crippen LogP contribution in [0.3, 0.4) is 0 Å². The third kappa shape index (κ3) is 1.54. The first-order valence-electron chi connectivity index (χ1n) is 5.42. The number of rotatable bonds is 1. The van der Waals surface area contributed by atoms with Crippen molar-refractivity contribution in [3.63, 3.8) is 0 Å². The van der Waals surface area contributed by atoms with Crippen molar-refractivity contribution >= 4 is 10.9 Å². The molecule has 0 bridgehead atoms. The van der Waals surface area contributed by atoms with E-state index in [1.54, 1.807) is 18.3 Å². The number of hydrogen-bond donors (Lipinski definition) is 1. The number of nitriles is 1. The molecule has 3 aromatic rings. The highest BCUT2D eigenvalue weighted by atomic mass is 19.1. The van der Waals surface area contributed by atoms with Crippen LogP contribution < -0.4 is 0 Å². The fourth-order valence-corrected chi connectivity index (χ4v) is 1.99. The zero-order valence-electron chi connectivity index (χ0n) is 9.31. The average Bonchev–Trinajstić information content (AvgIpc) is 2.83. The molecule has 0 radical (unpaired) electrons. The van der Waals surface area contributed by atoms with Crippen molar-refractivity contribution in [1.82, 2.24) is 9.97 Å². The Balaban J connectivity index is 2.25. The van der Waals surface area contributed by atoms with Crippen molar-refractivity contribution in [3.8, 4) is 17.3 Å². The van der Waals surface area contributed by atoms with Crippen molar-refractivity contribution in [2.45, 2.75) is 0 Å². The van der Waals surface area contributed by atoms with Crippen LogP contribution in [0.5, 0.6) is 0 Å². The van der Waals surface area contributed by atoms with Crippen LogP contribution in [-0.4, -0.2) is 9.97 Å². The van der Waals surface area contributed by atoms with Gasteiger partial charge in [-0.1, -0.05) is 12.1 Å². The van der Waals surface area contributed by atoms with Gasteiger partial charge < -0.3 is 4.98 Å². The second-order valence-corrected chi connectivity index (χ2v) is 3.90. The van der Waals surface area contributed by atoms with Gasteiger partial charge in [-0.25, -0.2) is 4.39 Å². The molecule has 0 aliphatic carbocycles. The van der Waals surface area contributed by atoms with E-state index in [-0.39, 0.29) is 5.82 Å². The van der Waals surface area contributed by atoms with E-state index in [0.29, 0.717) is 11.3 Å². The van der Waals surface area contributed by atoms with Crippen LogP contribution in [-0.2, 0) is 0 Å². The van der Waals surface area contributed by atoms with E-state index >= 15 is 0 Å². The Hall–Kier alpha value is -2.67. The number of aromatic amines is 1. The summed E-state index contributed by atoms with van der Waals surface area (Å²) in [7, 11) is 0. The van der Waals surface area contributed by atoms with Crippen molar-refractivity contribution in [2.75, 3.05) is 0 Å². The Morgan fingerprint density at radius 2 is 2.11 bits per heavy atom. The molecule has 1 N–H and O–H groups in total. The second kappa shape index (κ2) is 3.97. The maximum atomic E-state index is 12.8. The fourth-order valence-electron chi connectivity index (χ4n) is 1.99. The van der Waals surface area contributed by atoms with E-state index in [4.69, 9.17) is 5.26 Å². The standard InChI is InChI=1S/C14H8FN3/c15-10-4-5-13(17-7-10)12-8-18-14-9(6-16)2-1-3-11(12)14/h1-5,7-8,18H. The van der Waals surface area contributed by atoms with Crippen LogP contribution >= 0.6 is 0 Å². The zero-order valence-corrected chi connectivity index (χ0v) is 9.31. The van der Waals surface area contributed by atoms with Crippen LogP contribution in [0.1, 0.15) is 5.56 Å². The van der Waals surface area contributed by atoms with Gasteiger partial charge in [0.2, 0.25) is 0 Å². The van der Waals surface area contributed by atoms with E-state index in [9.17, 15) is 4.39 Å². The van der Waals surface area contributed by atoms with E-state index in [0.717, 1.165) is 16.5 Å². The van der Waals surface area contributed by atoms with Gasteiger partial charge in [-0.05, 0) is 18.2 Å². The summed E-state index contributed by atoms with van der Waals surface area (Å²) in [4.78, 5) is 7.11. The molecule has 3 rings (SSSR count). The molecule has 2 heterocycles. The van der Waals surface area contributed by atoms with Crippen molar-refractivity contribution in [2.24, 2.45) is 0 Å². The van der Waals surface area contributed by atoms with Crippen molar-refractivity contribution in [3.05, 3.63) is 54.1 Å². The number of halogens is 1. The summed E-state index contributed by atoms with van der Waals surface area (Å²) in [5.74, 6) is -0.365. The molecular formula is C14H8FN3. The molecule has 0 spiro atoms. The van der Waals surface area contributed by atoms with Gasteiger partial charge in [0.25, 0.3) is 0 Å². The molecule has 0 saturated carbocycles. The van der Waals surface area contributed by atoms with Gasteiger partial charge in [-0.3, -0.25) is 4.98 Å². The highest BCUT2D eigenvalue weighted by Gasteiger charge is 2.09. The summed E-state index contributed by atoms with van der Waals surface area (Å²) in [6.07, 6.45) is 2.97. The predicted molar refractivity (Wildman–Crippen MR) is 66.2 cm³/mol. The minimum atomic E-state index is -0.365. The number of H-pyrrole nitrogens is 1. The van der Waals surface area contributed by atoms with E-state index < -0.39 is 0 Å². The summed E-state index contributed by atoms with van der Waals surface area (Å²) in [5.41, 5.74) is 2.90. The highest BCUT2D eigenvalue weighted by Crippen LogP contribution is 2.28. The summed E-state index contributed by atoms with van der Waals surface area (Å²) in [6, 6.07) is 10.6. The van der Waals surface area contributed by atoms with Gasteiger partial charge >= 0.3 is 0 Å². The van der Waals surface area contributed by atoms with Crippen LogP contribution in [0.25, 0.3) is 22.2 Å². The third-order valence-electron chi connectivity index (χ3n) is 2.84. The number of para-hydroxylation sites is 1. The van der Waals surface area contributed by atoms with Crippen molar-refractivity contribution in [1.29, 1.82) is 5.26 Å². The Kier molecular flexibility index (Phi) is 2.31. The quantitative estimate of drug-likeness (QED) is 0.706. The number of fused-ring (bicyclic) bond motifs is 1. The van der Waals surface area contributed by atoms with Crippen LogP contribution in [0.4, 0.5) is 4.39 Å².